The summed E-state index contributed by atoms with van der Waals surface area (Å²) in [4.78, 5) is 1.53. The molecule has 0 aromatic heterocycles. The first-order valence-corrected chi connectivity index (χ1v) is 7.68. The molecule has 0 amide bonds. The molecule has 1 nitrogen and oxygen atoms in total. The van der Waals surface area contributed by atoms with E-state index in [4.69, 9.17) is 0 Å². The highest BCUT2D eigenvalue weighted by Gasteiger charge is 2.03. The zero-order chi connectivity index (χ0) is 11.3. The number of rotatable bonds is 5. The van der Waals surface area contributed by atoms with Gasteiger partial charge in [0.2, 0.25) is 15.4 Å². The molecule has 1 atom stereocenters. The molecular weight excluding hydrogens is 199 g/mol. The summed E-state index contributed by atoms with van der Waals surface area (Å²) in [6, 6.07) is 9.01. The predicted molar refractivity (Wildman–Crippen MR) is 81.4 cm³/mol. The van der Waals surface area contributed by atoms with E-state index >= 15 is 0 Å². The second-order valence-electron chi connectivity index (χ2n) is 3.96. The Labute approximate surface area is 99.0 Å². The van der Waals surface area contributed by atoms with Crippen LogP contribution in [0.1, 0.15) is 13.3 Å². The van der Waals surface area contributed by atoms with Gasteiger partial charge in [-0.15, -0.1) is 0 Å². The first-order chi connectivity index (χ1) is 7.19. The monoisotopic (exact) mass is 219 g/mol. The molecule has 1 aromatic carbocycles. The minimum absolute atomic E-state index is 0.0516. The summed E-state index contributed by atoms with van der Waals surface area (Å²) in [7, 11) is 5.65. The molecule has 0 aliphatic carbocycles. The lowest BCUT2D eigenvalue weighted by atomic mass is 9.90. The molecule has 0 heterocycles. The van der Waals surface area contributed by atoms with Gasteiger partial charge in [0.15, 0.2) is 7.12 Å². The van der Waals surface area contributed by atoms with Crippen molar-refractivity contribution in [3.8, 4) is 0 Å². The Morgan fingerprint density at radius 2 is 2.20 bits per heavy atom. The average Bonchev–Trinajstić information content (AvgIpc) is 2.28. The third-order valence-corrected chi connectivity index (χ3v) is 5.02. The van der Waals surface area contributed by atoms with Gasteiger partial charge < -0.3 is 4.72 Å². The standard InChI is InChI=1S/C10H20B3NS/c1-3-7-15(12)10-6-4-5-9(8-10)14(11)13-2/h4-6,8,13,15H,3,7,11-12H2,1-2H3. The van der Waals surface area contributed by atoms with E-state index < -0.39 is 0 Å². The van der Waals surface area contributed by atoms with Crippen LogP contribution in [0.3, 0.4) is 0 Å². The van der Waals surface area contributed by atoms with Crippen molar-refractivity contribution >= 4 is 39.0 Å². The van der Waals surface area contributed by atoms with Gasteiger partial charge in [-0.05, 0) is 29.2 Å². The van der Waals surface area contributed by atoms with Crippen molar-refractivity contribution in [1.29, 1.82) is 0 Å². The molecule has 1 aromatic rings. The van der Waals surface area contributed by atoms with Gasteiger partial charge in [-0.3, -0.25) is 10.7 Å². The number of anilines is 1. The van der Waals surface area contributed by atoms with Crippen LogP contribution in [0, 0.1) is 0 Å². The van der Waals surface area contributed by atoms with Crippen molar-refractivity contribution in [2.24, 2.45) is 0 Å². The minimum Gasteiger partial charge on any atom is -0.469 e. The molecular formula is C10H20B3NS. The van der Waals surface area contributed by atoms with Gasteiger partial charge in [0.25, 0.3) is 0 Å². The Bertz CT molecular complexity index is 308. The summed E-state index contributed by atoms with van der Waals surface area (Å²) >= 11 is 0. The Hall–Kier alpha value is -0.435. The summed E-state index contributed by atoms with van der Waals surface area (Å²) in [6.45, 7) is 4.45. The smallest absolute Gasteiger partial charge is 0.218 e. The minimum atomic E-state index is 0.0516. The molecule has 1 rings (SSSR count). The fourth-order valence-electron chi connectivity index (χ4n) is 1.61. The summed E-state index contributed by atoms with van der Waals surface area (Å²) < 4.78 is 2.29. The maximum absolute atomic E-state index is 2.38. The maximum atomic E-state index is 2.38. The van der Waals surface area contributed by atoms with E-state index in [0.717, 1.165) is 7.41 Å². The molecule has 0 fully saturated rings. The molecule has 0 aliphatic rings. The number of thiol groups is 1. The molecule has 15 heavy (non-hydrogen) atoms. The third-order valence-electron chi connectivity index (χ3n) is 2.74. The summed E-state index contributed by atoms with van der Waals surface area (Å²) in [5.41, 5.74) is 1.35. The third kappa shape index (κ3) is 3.56. The van der Waals surface area contributed by atoms with E-state index in [1.807, 2.05) is 0 Å². The fraction of sp³-hybridized carbons (Fsp3) is 0.400. The zero-order valence-corrected chi connectivity index (χ0v) is 11.2. The number of nitrogens with zero attached hydrogens (tertiary/aromatic N) is 1. The van der Waals surface area contributed by atoms with E-state index in [0.29, 0.717) is 0 Å². The second kappa shape index (κ2) is 6.21. The van der Waals surface area contributed by atoms with Crippen molar-refractivity contribution in [2.75, 3.05) is 10.5 Å². The van der Waals surface area contributed by atoms with E-state index in [-0.39, 0.29) is 10.7 Å². The quantitative estimate of drug-likeness (QED) is 0.564. The Morgan fingerprint density at radius 1 is 1.47 bits per heavy atom. The topological polar surface area (TPSA) is 3.24 Å². The Balaban J connectivity index is 2.82. The average molecular weight is 219 g/mol. The van der Waals surface area contributed by atoms with Crippen molar-refractivity contribution in [3.05, 3.63) is 24.3 Å². The largest absolute Gasteiger partial charge is 0.469 e. The van der Waals surface area contributed by atoms with Crippen LogP contribution in [0.25, 0.3) is 0 Å². The SMILES string of the molecule is BN(BC)c1cccc([SH](B)CCC)c1. The van der Waals surface area contributed by atoms with Crippen LogP contribution in [0.15, 0.2) is 29.2 Å². The molecule has 0 spiro atoms. The van der Waals surface area contributed by atoms with E-state index in [2.05, 4.69) is 57.8 Å². The molecule has 0 saturated carbocycles. The summed E-state index contributed by atoms with van der Waals surface area (Å²) in [5.74, 6) is 1.34. The van der Waals surface area contributed by atoms with Crippen molar-refractivity contribution < 1.29 is 0 Å². The maximum Gasteiger partial charge on any atom is 0.218 e. The fourth-order valence-corrected chi connectivity index (χ4v) is 3.24. The molecule has 80 valence electrons. The van der Waals surface area contributed by atoms with Crippen molar-refractivity contribution in [2.45, 2.75) is 25.1 Å². The van der Waals surface area contributed by atoms with Crippen LogP contribution in [0.5, 0.6) is 0 Å². The van der Waals surface area contributed by atoms with Gasteiger partial charge in [-0.1, -0.05) is 25.9 Å². The first-order valence-electron chi connectivity index (χ1n) is 5.71. The molecule has 0 bridgehead atoms. The number of hydrogen-bond donors (Lipinski definition) is 1. The van der Waals surface area contributed by atoms with Crippen LogP contribution in [0.2, 0.25) is 6.82 Å². The zero-order valence-electron chi connectivity index (χ0n) is 10.3. The van der Waals surface area contributed by atoms with Gasteiger partial charge in [-0.2, -0.15) is 0 Å². The number of hydrogen-bond acceptors (Lipinski definition) is 1. The van der Waals surface area contributed by atoms with Gasteiger partial charge in [0, 0.05) is 5.69 Å². The molecule has 0 radical (unpaired) electrons. The van der Waals surface area contributed by atoms with Gasteiger partial charge in [0.05, 0.1) is 0 Å². The number of benzene rings is 1. The Kier molecular flexibility index (Phi) is 5.23. The molecule has 0 aliphatic heterocycles. The van der Waals surface area contributed by atoms with Crippen molar-refractivity contribution in [3.63, 3.8) is 0 Å². The van der Waals surface area contributed by atoms with Gasteiger partial charge in [0.1, 0.15) is 0 Å². The lowest BCUT2D eigenvalue weighted by molar-refractivity contribution is 1.10. The predicted octanol–water partition coefficient (Wildman–Crippen LogP) is 0.759. The van der Waals surface area contributed by atoms with Crippen LogP contribution >= 0.6 is 10.7 Å². The highest BCUT2D eigenvalue weighted by molar-refractivity contribution is 8.35. The lowest BCUT2D eigenvalue weighted by Crippen LogP contribution is -2.21. The Morgan fingerprint density at radius 3 is 2.80 bits per heavy atom. The lowest BCUT2D eigenvalue weighted by Gasteiger charge is -2.21. The second-order valence-corrected chi connectivity index (χ2v) is 6.32. The van der Waals surface area contributed by atoms with E-state index in [9.17, 15) is 0 Å². The highest BCUT2D eigenvalue weighted by Crippen LogP contribution is 2.33. The summed E-state index contributed by atoms with van der Waals surface area (Å²) in [6.07, 6.45) is 1.29. The highest BCUT2D eigenvalue weighted by atomic mass is 32.2. The van der Waals surface area contributed by atoms with E-state index in [1.165, 1.54) is 22.8 Å². The van der Waals surface area contributed by atoms with Crippen molar-refractivity contribution in [1.82, 2.24) is 0 Å². The van der Waals surface area contributed by atoms with Crippen LogP contribution in [-0.2, 0) is 0 Å². The van der Waals surface area contributed by atoms with Gasteiger partial charge >= 0.3 is 0 Å². The normalized spacial score (nSPS) is 13.3. The summed E-state index contributed by atoms with van der Waals surface area (Å²) in [5, 5.41) is 0. The first kappa shape index (κ1) is 12.6. The molecule has 0 saturated heterocycles. The van der Waals surface area contributed by atoms with Crippen LogP contribution < -0.4 is 4.72 Å². The molecule has 1 unspecified atom stereocenters. The van der Waals surface area contributed by atoms with Crippen LogP contribution in [0.4, 0.5) is 5.69 Å². The van der Waals surface area contributed by atoms with E-state index in [1.54, 1.807) is 0 Å². The molecule has 5 heteroatoms. The molecule has 0 N–H and O–H groups in total. The van der Waals surface area contributed by atoms with Gasteiger partial charge in [-0.25, -0.2) is 0 Å². The van der Waals surface area contributed by atoms with Crippen LogP contribution in [-0.4, -0.2) is 28.3 Å².